The molecule has 0 aromatic carbocycles. The van der Waals surface area contributed by atoms with Gasteiger partial charge in [0.15, 0.2) is 0 Å². The summed E-state index contributed by atoms with van der Waals surface area (Å²) < 4.78 is 28.5. The minimum atomic E-state index is -3.25. The van der Waals surface area contributed by atoms with Crippen LogP contribution in [0, 0.1) is 0 Å². The number of rotatable bonds is 4. The molecule has 0 spiro atoms. The van der Waals surface area contributed by atoms with Crippen LogP contribution in [0.4, 0.5) is 0 Å². The molecule has 0 unspecified atom stereocenters. The molecule has 6 heteroatoms. The quantitative estimate of drug-likeness (QED) is 0.772. The Morgan fingerprint density at radius 1 is 1.12 bits per heavy atom. The Morgan fingerprint density at radius 2 is 1.82 bits per heavy atom. The van der Waals surface area contributed by atoms with E-state index in [9.17, 15) is 8.42 Å². The number of hydrogen-bond donors (Lipinski definition) is 2. The second-order valence-corrected chi connectivity index (χ2v) is 6.72. The van der Waals surface area contributed by atoms with Gasteiger partial charge in [-0.25, -0.2) is 4.72 Å². The van der Waals surface area contributed by atoms with Crippen molar-refractivity contribution < 1.29 is 8.42 Å². The van der Waals surface area contributed by atoms with Crippen LogP contribution in [0.2, 0.25) is 0 Å². The van der Waals surface area contributed by atoms with Crippen LogP contribution in [-0.4, -0.2) is 44.9 Å². The van der Waals surface area contributed by atoms with E-state index in [2.05, 4.69) is 10.0 Å². The van der Waals surface area contributed by atoms with Gasteiger partial charge in [0, 0.05) is 25.7 Å². The van der Waals surface area contributed by atoms with Crippen molar-refractivity contribution in [2.75, 3.05) is 26.2 Å². The van der Waals surface area contributed by atoms with Crippen LogP contribution >= 0.6 is 0 Å². The lowest BCUT2D eigenvalue weighted by Crippen LogP contribution is -2.45. The fourth-order valence-electron chi connectivity index (χ4n) is 2.51. The van der Waals surface area contributed by atoms with Crippen LogP contribution in [0.15, 0.2) is 0 Å². The number of hydrogen-bond acceptors (Lipinski definition) is 3. The minimum absolute atomic E-state index is 0.316. The second-order valence-electron chi connectivity index (χ2n) is 4.96. The molecule has 0 saturated carbocycles. The summed E-state index contributed by atoms with van der Waals surface area (Å²) in [5, 5.41) is 3.30. The van der Waals surface area contributed by atoms with Gasteiger partial charge in [-0.3, -0.25) is 0 Å². The van der Waals surface area contributed by atoms with Gasteiger partial charge in [-0.1, -0.05) is 12.8 Å². The van der Waals surface area contributed by atoms with Gasteiger partial charge in [0.2, 0.25) is 0 Å². The Bertz CT molecular complexity index is 318. The summed E-state index contributed by atoms with van der Waals surface area (Å²) in [6.45, 7) is 2.88. The lowest BCUT2D eigenvalue weighted by molar-refractivity contribution is 0.411. The molecule has 0 amide bonds. The van der Waals surface area contributed by atoms with Crippen LogP contribution in [0.5, 0.6) is 0 Å². The van der Waals surface area contributed by atoms with E-state index in [1.807, 2.05) is 0 Å². The smallest absolute Gasteiger partial charge is 0.279 e. The Hall–Kier alpha value is -0.170. The third-order valence-corrected chi connectivity index (χ3v) is 5.16. The molecular formula is C11H23N3O2S. The average Bonchev–Trinajstić information content (AvgIpc) is 2.66. The molecule has 2 aliphatic heterocycles. The van der Waals surface area contributed by atoms with Gasteiger partial charge in [0.1, 0.15) is 0 Å². The summed E-state index contributed by atoms with van der Waals surface area (Å²) in [6.07, 6.45) is 6.50. The molecule has 17 heavy (non-hydrogen) atoms. The van der Waals surface area contributed by atoms with Gasteiger partial charge in [-0.2, -0.15) is 12.7 Å². The summed E-state index contributed by atoms with van der Waals surface area (Å²) >= 11 is 0. The van der Waals surface area contributed by atoms with Gasteiger partial charge in [0.25, 0.3) is 10.2 Å². The lowest BCUT2D eigenvalue weighted by Gasteiger charge is -2.21. The van der Waals surface area contributed by atoms with Crippen LogP contribution in [0.1, 0.15) is 38.5 Å². The normalized spacial score (nSPS) is 28.1. The molecular weight excluding hydrogens is 238 g/mol. The highest BCUT2D eigenvalue weighted by molar-refractivity contribution is 7.87. The maximum Gasteiger partial charge on any atom is 0.279 e. The summed E-state index contributed by atoms with van der Waals surface area (Å²) in [5.74, 6) is 0. The number of nitrogens with one attached hydrogen (secondary N) is 2. The molecule has 0 radical (unpaired) electrons. The zero-order valence-electron chi connectivity index (χ0n) is 10.3. The van der Waals surface area contributed by atoms with Crippen molar-refractivity contribution in [1.82, 2.24) is 14.3 Å². The zero-order chi connectivity index (χ0) is 12.1. The van der Waals surface area contributed by atoms with Crippen LogP contribution in [0.25, 0.3) is 0 Å². The molecule has 2 N–H and O–H groups in total. The van der Waals surface area contributed by atoms with Gasteiger partial charge < -0.3 is 5.32 Å². The van der Waals surface area contributed by atoms with Crippen molar-refractivity contribution >= 4 is 10.2 Å². The number of nitrogens with zero attached hydrogens (tertiary/aromatic N) is 1. The Morgan fingerprint density at radius 3 is 2.41 bits per heavy atom. The van der Waals surface area contributed by atoms with Crippen LogP contribution in [0.3, 0.4) is 0 Å². The molecule has 0 aromatic rings. The third kappa shape index (κ3) is 3.91. The molecule has 100 valence electrons. The van der Waals surface area contributed by atoms with Gasteiger partial charge >= 0.3 is 0 Å². The van der Waals surface area contributed by atoms with Crippen LogP contribution in [-0.2, 0) is 10.2 Å². The molecule has 2 heterocycles. The predicted octanol–water partition coefficient (Wildman–Crippen LogP) is 0.449. The minimum Gasteiger partial charge on any atom is -0.313 e. The first kappa shape index (κ1) is 13.3. The highest BCUT2D eigenvalue weighted by Crippen LogP contribution is 2.12. The van der Waals surface area contributed by atoms with Crippen molar-refractivity contribution in [3.63, 3.8) is 0 Å². The SMILES string of the molecule is O=S(=O)(NC[C@H]1CCCN1)N1CCCCCC1. The van der Waals surface area contributed by atoms with Crippen molar-refractivity contribution in [1.29, 1.82) is 0 Å². The van der Waals surface area contributed by atoms with Crippen LogP contribution < -0.4 is 10.0 Å². The molecule has 5 nitrogen and oxygen atoms in total. The topological polar surface area (TPSA) is 61.4 Å². The molecule has 2 aliphatic rings. The van der Waals surface area contributed by atoms with Crippen molar-refractivity contribution in [2.45, 2.75) is 44.6 Å². The monoisotopic (exact) mass is 261 g/mol. The Balaban J connectivity index is 1.83. The summed E-state index contributed by atoms with van der Waals surface area (Å²) in [6, 6.07) is 0.316. The zero-order valence-corrected chi connectivity index (χ0v) is 11.1. The van der Waals surface area contributed by atoms with E-state index in [-0.39, 0.29) is 0 Å². The molecule has 2 saturated heterocycles. The molecule has 0 bridgehead atoms. The fourth-order valence-corrected chi connectivity index (χ4v) is 3.84. The molecule has 1 atom stereocenters. The lowest BCUT2D eigenvalue weighted by atomic mass is 10.2. The van der Waals surface area contributed by atoms with Crippen molar-refractivity contribution in [3.8, 4) is 0 Å². The summed E-state index contributed by atoms with van der Waals surface area (Å²) in [7, 11) is -3.25. The molecule has 2 fully saturated rings. The van der Waals surface area contributed by atoms with E-state index in [4.69, 9.17) is 0 Å². The van der Waals surface area contributed by atoms with E-state index in [0.29, 0.717) is 25.7 Å². The highest BCUT2D eigenvalue weighted by atomic mass is 32.2. The molecule has 2 rings (SSSR count). The summed E-state index contributed by atoms with van der Waals surface area (Å²) in [4.78, 5) is 0. The van der Waals surface area contributed by atoms with Crippen molar-refractivity contribution in [2.24, 2.45) is 0 Å². The molecule has 0 aliphatic carbocycles. The van der Waals surface area contributed by atoms with Crippen molar-refractivity contribution in [3.05, 3.63) is 0 Å². The second kappa shape index (κ2) is 6.13. The third-order valence-electron chi connectivity index (χ3n) is 3.58. The maximum absolute atomic E-state index is 12.1. The molecule has 0 aromatic heterocycles. The van der Waals surface area contributed by atoms with E-state index >= 15 is 0 Å². The largest absolute Gasteiger partial charge is 0.313 e. The summed E-state index contributed by atoms with van der Waals surface area (Å²) in [5.41, 5.74) is 0. The predicted molar refractivity (Wildman–Crippen MR) is 68.0 cm³/mol. The first-order valence-electron chi connectivity index (χ1n) is 6.66. The van der Waals surface area contributed by atoms with E-state index in [0.717, 1.165) is 45.1 Å². The van der Waals surface area contributed by atoms with E-state index in [1.165, 1.54) is 0 Å². The highest BCUT2D eigenvalue weighted by Gasteiger charge is 2.24. The Labute approximate surface area is 104 Å². The fraction of sp³-hybridized carbons (Fsp3) is 1.00. The maximum atomic E-state index is 12.1. The average molecular weight is 261 g/mol. The van der Waals surface area contributed by atoms with Gasteiger partial charge in [0.05, 0.1) is 0 Å². The first-order valence-corrected chi connectivity index (χ1v) is 8.10. The Kier molecular flexibility index (Phi) is 4.78. The standard InChI is InChI=1S/C11H23N3O2S/c15-17(16,13-10-11-6-5-7-12-11)14-8-3-1-2-4-9-14/h11-13H,1-10H2/t11-/m1/s1. The van der Waals surface area contributed by atoms with E-state index < -0.39 is 10.2 Å². The van der Waals surface area contributed by atoms with Gasteiger partial charge in [-0.15, -0.1) is 0 Å². The van der Waals surface area contributed by atoms with Gasteiger partial charge in [-0.05, 0) is 32.2 Å². The van der Waals surface area contributed by atoms with E-state index in [1.54, 1.807) is 4.31 Å². The first-order chi connectivity index (χ1) is 8.18.